The third-order valence-electron chi connectivity index (χ3n) is 4.22. The summed E-state index contributed by atoms with van der Waals surface area (Å²) in [6, 6.07) is -0.00934. The van der Waals surface area contributed by atoms with E-state index in [0.29, 0.717) is 39.2 Å². The van der Waals surface area contributed by atoms with Crippen molar-refractivity contribution in [2.45, 2.75) is 38.8 Å². The lowest BCUT2D eigenvalue weighted by Gasteiger charge is -2.43. The fourth-order valence-corrected chi connectivity index (χ4v) is 2.86. The van der Waals surface area contributed by atoms with Crippen LogP contribution in [0.25, 0.3) is 0 Å². The Morgan fingerprint density at radius 1 is 1.40 bits per heavy atom. The van der Waals surface area contributed by atoms with Gasteiger partial charge in [-0.2, -0.15) is 0 Å². The predicted molar refractivity (Wildman–Crippen MR) is 72.5 cm³/mol. The second-order valence-corrected chi connectivity index (χ2v) is 5.63. The Balaban J connectivity index is 2.26. The maximum atomic E-state index is 13.0. The van der Waals surface area contributed by atoms with E-state index in [1.165, 1.54) is 0 Å². The van der Waals surface area contributed by atoms with Crippen molar-refractivity contribution in [3.05, 3.63) is 0 Å². The van der Waals surface area contributed by atoms with Gasteiger partial charge in [-0.05, 0) is 26.7 Å². The van der Waals surface area contributed by atoms with Gasteiger partial charge in [-0.1, -0.05) is 5.16 Å². The zero-order chi connectivity index (χ0) is 14.8. The molecule has 0 bridgehead atoms. The minimum absolute atomic E-state index is 0.000620. The van der Waals surface area contributed by atoms with Gasteiger partial charge in [0.1, 0.15) is 5.41 Å². The highest BCUT2D eigenvalue weighted by atomic mass is 16.5. The summed E-state index contributed by atoms with van der Waals surface area (Å²) in [5.41, 5.74) is 4.89. The summed E-state index contributed by atoms with van der Waals surface area (Å²) in [4.78, 5) is 14.8. The highest BCUT2D eigenvalue weighted by Crippen LogP contribution is 2.34. The van der Waals surface area contributed by atoms with E-state index in [0.717, 1.165) is 0 Å². The monoisotopic (exact) mass is 285 g/mol. The second-order valence-electron chi connectivity index (χ2n) is 5.63. The molecule has 0 saturated carbocycles. The molecule has 0 aliphatic carbocycles. The summed E-state index contributed by atoms with van der Waals surface area (Å²) in [6.07, 6.45) is 0.889. The van der Waals surface area contributed by atoms with Gasteiger partial charge in [0, 0.05) is 19.8 Å². The zero-order valence-electron chi connectivity index (χ0n) is 12.0. The van der Waals surface area contributed by atoms with Crippen LogP contribution in [0.1, 0.15) is 26.7 Å². The molecular weight excluding hydrogens is 262 g/mol. The average Bonchev–Trinajstić information content (AvgIpc) is 2.48. The zero-order valence-corrected chi connectivity index (χ0v) is 12.0. The lowest BCUT2D eigenvalue weighted by Crippen LogP contribution is -2.59. The number of carbonyl (C=O) groups is 1. The van der Waals surface area contributed by atoms with Crippen LogP contribution in [0, 0.1) is 5.41 Å². The normalized spacial score (nSPS) is 31.1. The Hall–Kier alpha value is -1.34. The number of carbonyl (C=O) groups excluding carboxylic acids is 1. The van der Waals surface area contributed by atoms with Crippen molar-refractivity contribution in [2.24, 2.45) is 16.3 Å². The van der Waals surface area contributed by atoms with Crippen LogP contribution in [-0.2, 0) is 14.3 Å². The number of amidine groups is 1. The van der Waals surface area contributed by atoms with Crippen molar-refractivity contribution < 1.29 is 19.5 Å². The molecule has 0 aromatic carbocycles. The number of nitrogens with zero attached hydrogens (tertiary/aromatic N) is 2. The molecule has 0 aromatic heterocycles. The summed E-state index contributed by atoms with van der Waals surface area (Å²) in [5.74, 6) is -0.101. The Morgan fingerprint density at radius 3 is 2.65 bits per heavy atom. The van der Waals surface area contributed by atoms with Gasteiger partial charge >= 0.3 is 0 Å². The van der Waals surface area contributed by atoms with E-state index in [2.05, 4.69) is 5.16 Å². The van der Waals surface area contributed by atoms with Crippen LogP contribution in [0.4, 0.5) is 0 Å². The molecule has 2 fully saturated rings. The van der Waals surface area contributed by atoms with Crippen LogP contribution in [0.2, 0.25) is 0 Å². The van der Waals surface area contributed by atoms with Crippen LogP contribution >= 0.6 is 0 Å². The number of nitrogens with two attached hydrogens (primary N) is 1. The summed E-state index contributed by atoms with van der Waals surface area (Å²) in [7, 11) is 0. The van der Waals surface area contributed by atoms with E-state index in [9.17, 15) is 4.79 Å². The van der Waals surface area contributed by atoms with Crippen LogP contribution < -0.4 is 5.73 Å². The quantitative estimate of drug-likeness (QED) is 0.326. The SMILES string of the molecule is CC1CN(C(=O)C2(C(N)=NO)CCOCC2)C(C)CO1. The van der Waals surface area contributed by atoms with Gasteiger partial charge in [-0.25, -0.2) is 0 Å². The number of amides is 1. The number of oxime groups is 1. The topological polar surface area (TPSA) is 97.4 Å². The molecule has 2 unspecified atom stereocenters. The van der Waals surface area contributed by atoms with Crippen LogP contribution in [0.5, 0.6) is 0 Å². The van der Waals surface area contributed by atoms with Crippen molar-refractivity contribution in [1.82, 2.24) is 4.90 Å². The summed E-state index contributed by atoms with van der Waals surface area (Å²) in [6.45, 7) is 5.80. The van der Waals surface area contributed by atoms with E-state index >= 15 is 0 Å². The summed E-state index contributed by atoms with van der Waals surface area (Å²) >= 11 is 0. The summed E-state index contributed by atoms with van der Waals surface area (Å²) < 4.78 is 10.9. The van der Waals surface area contributed by atoms with Gasteiger partial charge in [-0.15, -0.1) is 0 Å². The van der Waals surface area contributed by atoms with E-state index < -0.39 is 5.41 Å². The first-order valence-corrected chi connectivity index (χ1v) is 6.99. The number of morpholine rings is 1. The first kappa shape index (κ1) is 15.1. The third-order valence-corrected chi connectivity index (χ3v) is 4.22. The fraction of sp³-hybridized carbons (Fsp3) is 0.846. The van der Waals surface area contributed by atoms with Crippen molar-refractivity contribution in [3.8, 4) is 0 Å². The highest BCUT2D eigenvalue weighted by Gasteiger charge is 2.48. The third kappa shape index (κ3) is 2.60. The Kier molecular flexibility index (Phi) is 4.49. The van der Waals surface area contributed by atoms with E-state index in [1.807, 2.05) is 13.8 Å². The van der Waals surface area contributed by atoms with E-state index in [1.54, 1.807) is 4.90 Å². The van der Waals surface area contributed by atoms with Gasteiger partial charge in [-0.3, -0.25) is 4.79 Å². The molecule has 2 saturated heterocycles. The van der Waals surface area contributed by atoms with E-state index in [-0.39, 0.29) is 23.9 Å². The van der Waals surface area contributed by atoms with Crippen molar-refractivity contribution in [1.29, 1.82) is 0 Å². The molecule has 2 aliphatic heterocycles. The molecule has 0 aromatic rings. The number of hydrogen-bond donors (Lipinski definition) is 2. The van der Waals surface area contributed by atoms with E-state index in [4.69, 9.17) is 20.4 Å². The first-order chi connectivity index (χ1) is 9.51. The molecular formula is C13H23N3O4. The second kappa shape index (κ2) is 5.97. The number of rotatable bonds is 2. The van der Waals surface area contributed by atoms with Crippen molar-refractivity contribution in [3.63, 3.8) is 0 Å². The van der Waals surface area contributed by atoms with Gasteiger partial charge < -0.3 is 25.3 Å². The maximum absolute atomic E-state index is 13.0. The highest BCUT2D eigenvalue weighted by molar-refractivity contribution is 6.07. The predicted octanol–water partition coefficient (Wildman–Crippen LogP) is 0.165. The molecule has 1 amide bonds. The van der Waals surface area contributed by atoms with Gasteiger partial charge in [0.2, 0.25) is 5.91 Å². The summed E-state index contributed by atoms with van der Waals surface area (Å²) in [5, 5.41) is 12.1. The Labute approximate surface area is 118 Å². The minimum atomic E-state index is -0.946. The first-order valence-electron chi connectivity index (χ1n) is 6.99. The minimum Gasteiger partial charge on any atom is -0.409 e. The smallest absolute Gasteiger partial charge is 0.237 e. The average molecular weight is 285 g/mol. The van der Waals surface area contributed by atoms with Crippen LogP contribution in [0.3, 0.4) is 0 Å². The molecule has 2 heterocycles. The molecule has 7 heteroatoms. The lowest BCUT2D eigenvalue weighted by molar-refractivity contribution is -0.154. The van der Waals surface area contributed by atoms with Gasteiger partial charge in [0.05, 0.1) is 18.8 Å². The lowest BCUT2D eigenvalue weighted by atomic mass is 9.77. The molecule has 0 spiro atoms. The standard InChI is InChI=1S/C13H23N3O4/c1-9-8-20-10(2)7-16(9)12(17)13(11(14)15-18)3-5-19-6-4-13/h9-10,18H,3-8H2,1-2H3,(H2,14,15). The molecule has 0 radical (unpaired) electrons. The van der Waals surface area contributed by atoms with Crippen LogP contribution in [0.15, 0.2) is 5.16 Å². The Morgan fingerprint density at radius 2 is 2.05 bits per heavy atom. The molecule has 2 rings (SSSR count). The number of ether oxygens (including phenoxy) is 2. The fourth-order valence-electron chi connectivity index (χ4n) is 2.86. The van der Waals surface area contributed by atoms with Crippen LogP contribution in [-0.4, -0.2) is 60.4 Å². The molecule has 2 aliphatic rings. The number of hydrogen-bond acceptors (Lipinski definition) is 5. The maximum Gasteiger partial charge on any atom is 0.237 e. The molecule has 20 heavy (non-hydrogen) atoms. The van der Waals surface area contributed by atoms with Gasteiger partial charge in [0.15, 0.2) is 5.84 Å². The van der Waals surface area contributed by atoms with Gasteiger partial charge in [0.25, 0.3) is 0 Å². The Bertz CT molecular complexity index is 393. The molecule has 114 valence electrons. The molecule has 3 N–H and O–H groups in total. The van der Waals surface area contributed by atoms with Crippen molar-refractivity contribution in [2.75, 3.05) is 26.4 Å². The largest absolute Gasteiger partial charge is 0.409 e. The molecule has 2 atom stereocenters. The molecule has 7 nitrogen and oxygen atoms in total. The van der Waals surface area contributed by atoms with Crippen molar-refractivity contribution >= 4 is 11.7 Å².